The van der Waals surface area contributed by atoms with E-state index in [4.69, 9.17) is 14.5 Å². The van der Waals surface area contributed by atoms with Crippen LogP contribution in [0.15, 0.2) is 48.8 Å². The highest BCUT2D eigenvalue weighted by Gasteiger charge is 2.36. The van der Waals surface area contributed by atoms with E-state index >= 15 is 0 Å². The summed E-state index contributed by atoms with van der Waals surface area (Å²) in [6, 6.07) is 11.3. The first-order valence-corrected chi connectivity index (χ1v) is 13.4. The Kier molecular flexibility index (Phi) is 6.34. The average Bonchev–Trinajstić information content (AvgIpc) is 3.53. The SMILES string of the molecule is CC1(C)Oc2cc3c(cc2NC1=O)nc(NC(=O)c1ccc(-c2ccncc2)s1)n3CCN1CCOCC1. The van der Waals surface area contributed by atoms with Gasteiger partial charge in [0.1, 0.15) is 5.75 Å². The number of ether oxygens (including phenoxy) is 2. The lowest BCUT2D eigenvalue weighted by atomic mass is 10.1. The van der Waals surface area contributed by atoms with Crippen LogP contribution in [-0.2, 0) is 16.1 Å². The molecule has 0 aliphatic carbocycles. The van der Waals surface area contributed by atoms with Crippen LogP contribution in [0.3, 0.4) is 0 Å². The van der Waals surface area contributed by atoms with E-state index in [1.54, 1.807) is 32.3 Å². The fourth-order valence-corrected chi connectivity index (χ4v) is 5.52. The van der Waals surface area contributed by atoms with Gasteiger partial charge in [0.25, 0.3) is 11.8 Å². The number of anilines is 2. The number of aromatic nitrogens is 3. The van der Waals surface area contributed by atoms with E-state index in [2.05, 4.69) is 20.5 Å². The largest absolute Gasteiger partial charge is 0.476 e. The molecule has 0 spiro atoms. The van der Waals surface area contributed by atoms with Gasteiger partial charge in [-0.1, -0.05) is 0 Å². The van der Waals surface area contributed by atoms with Crippen LogP contribution in [0.25, 0.3) is 21.5 Å². The van der Waals surface area contributed by atoms with Gasteiger partial charge in [0.15, 0.2) is 5.60 Å². The summed E-state index contributed by atoms with van der Waals surface area (Å²) >= 11 is 1.42. The summed E-state index contributed by atoms with van der Waals surface area (Å²) in [5, 5.41) is 5.94. The minimum absolute atomic E-state index is 0.215. The van der Waals surface area contributed by atoms with Crippen LogP contribution in [0.5, 0.6) is 5.75 Å². The highest BCUT2D eigenvalue weighted by Crippen LogP contribution is 2.38. The average molecular weight is 533 g/mol. The summed E-state index contributed by atoms with van der Waals surface area (Å²) in [5.41, 5.74) is 2.08. The fraction of sp³-hybridized carbons (Fsp3) is 0.333. The molecule has 0 radical (unpaired) electrons. The Labute approximate surface area is 223 Å². The number of pyridine rings is 1. The second-order valence-electron chi connectivity index (χ2n) is 9.80. The number of carbonyl (C=O) groups excluding carboxylic acids is 2. The van der Waals surface area contributed by atoms with E-state index < -0.39 is 5.60 Å². The van der Waals surface area contributed by atoms with Crippen LogP contribution in [-0.4, -0.2) is 69.7 Å². The zero-order valence-electron chi connectivity index (χ0n) is 21.2. The van der Waals surface area contributed by atoms with Gasteiger partial charge in [0.05, 0.1) is 34.8 Å². The van der Waals surface area contributed by atoms with Gasteiger partial charge in [-0.3, -0.25) is 24.8 Å². The van der Waals surface area contributed by atoms with E-state index in [1.165, 1.54) is 11.3 Å². The number of imidazole rings is 1. The number of amides is 2. The van der Waals surface area contributed by atoms with Gasteiger partial charge in [0.2, 0.25) is 5.95 Å². The molecule has 2 N–H and O–H groups in total. The summed E-state index contributed by atoms with van der Waals surface area (Å²) in [4.78, 5) is 38.5. The zero-order valence-corrected chi connectivity index (χ0v) is 22.0. The second kappa shape index (κ2) is 9.82. The van der Waals surface area contributed by atoms with Crippen molar-refractivity contribution in [1.29, 1.82) is 0 Å². The van der Waals surface area contributed by atoms with Gasteiger partial charge in [0, 0.05) is 49.5 Å². The van der Waals surface area contributed by atoms with E-state index in [-0.39, 0.29) is 11.8 Å². The molecule has 3 aromatic heterocycles. The third kappa shape index (κ3) is 4.75. The number of hydrogen-bond donors (Lipinski definition) is 2. The molecule has 1 aromatic carbocycles. The van der Waals surface area contributed by atoms with Crippen molar-refractivity contribution >= 4 is 45.8 Å². The van der Waals surface area contributed by atoms with E-state index in [0.717, 1.165) is 35.6 Å². The maximum Gasteiger partial charge on any atom is 0.268 e. The smallest absolute Gasteiger partial charge is 0.268 e. The molecular formula is C27H28N6O4S. The summed E-state index contributed by atoms with van der Waals surface area (Å²) < 4.78 is 13.5. The first-order valence-electron chi connectivity index (χ1n) is 12.5. The van der Waals surface area contributed by atoms with E-state index in [1.807, 2.05) is 34.9 Å². The Morgan fingerprint density at radius 2 is 1.92 bits per heavy atom. The van der Waals surface area contributed by atoms with E-state index in [9.17, 15) is 9.59 Å². The van der Waals surface area contributed by atoms with Gasteiger partial charge < -0.3 is 19.4 Å². The molecule has 5 heterocycles. The quantitative estimate of drug-likeness (QED) is 0.388. The molecule has 0 atom stereocenters. The Balaban J connectivity index is 1.32. The second-order valence-corrected chi connectivity index (χ2v) is 10.9. The predicted octanol–water partition coefficient (Wildman–Crippen LogP) is 3.85. The maximum atomic E-state index is 13.3. The molecule has 10 nitrogen and oxygen atoms in total. The number of carbonyl (C=O) groups is 2. The van der Waals surface area contributed by atoms with Crippen molar-refractivity contribution < 1.29 is 19.1 Å². The molecule has 0 saturated carbocycles. The van der Waals surface area contributed by atoms with Crippen molar-refractivity contribution in [2.45, 2.75) is 26.0 Å². The number of morpholine rings is 1. The van der Waals surface area contributed by atoms with Crippen LogP contribution in [0.2, 0.25) is 0 Å². The molecule has 2 amide bonds. The summed E-state index contributed by atoms with van der Waals surface area (Å²) in [6.07, 6.45) is 3.47. The third-order valence-electron chi connectivity index (χ3n) is 6.77. The first-order chi connectivity index (χ1) is 18.4. The first kappa shape index (κ1) is 24.5. The molecule has 1 saturated heterocycles. The van der Waals surface area contributed by atoms with Crippen molar-refractivity contribution in [3.05, 3.63) is 53.7 Å². The molecular weight excluding hydrogens is 504 g/mol. The Bertz CT molecular complexity index is 1510. The normalized spacial score (nSPS) is 17.1. The van der Waals surface area contributed by atoms with Gasteiger partial charge in [-0.15, -0.1) is 11.3 Å². The van der Waals surface area contributed by atoms with Crippen LogP contribution in [0, 0.1) is 0 Å². The molecule has 4 aromatic rings. The Morgan fingerprint density at radius 1 is 1.13 bits per heavy atom. The molecule has 196 valence electrons. The van der Waals surface area contributed by atoms with Crippen LogP contribution < -0.4 is 15.4 Å². The summed E-state index contributed by atoms with van der Waals surface area (Å²) in [7, 11) is 0. The van der Waals surface area contributed by atoms with Crippen LogP contribution >= 0.6 is 11.3 Å². The van der Waals surface area contributed by atoms with Gasteiger partial charge in [-0.25, -0.2) is 4.98 Å². The molecule has 1 fully saturated rings. The van der Waals surface area contributed by atoms with Gasteiger partial charge in [-0.05, 0) is 49.7 Å². The molecule has 11 heteroatoms. The lowest BCUT2D eigenvalue weighted by molar-refractivity contribution is -0.129. The highest BCUT2D eigenvalue weighted by molar-refractivity contribution is 7.17. The van der Waals surface area contributed by atoms with E-state index in [0.29, 0.717) is 47.5 Å². The number of rotatable bonds is 6. The monoisotopic (exact) mass is 532 g/mol. The Hall–Kier alpha value is -3.80. The standard InChI is InChI=1S/C27H28N6O4S/c1-27(2)25(35)29-19-15-18-20(16-21(19)37-27)33(10-9-32-11-13-36-14-12-32)26(30-18)31-24(34)23-4-3-22(38-23)17-5-7-28-8-6-17/h3-8,15-16H,9-14H2,1-2H3,(H,29,35)(H,30,31,34). The molecule has 2 aliphatic rings. The highest BCUT2D eigenvalue weighted by atomic mass is 32.1. The lowest BCUT2D eigenvalue weighted by Crippen LogP contribution is -2.45. The number of nitrogens with one attached hydrogen (secondary N) is 2. The van der Waals surface area contributed by atoms with Gasteiger partial charge >= 0.3 is 0 Å². The minimum Gasteiger partial charge on any atom is -0.476 e. The predicted molar refractivity (Wildman–Crippen MR) is 146 cm³/mol. The zero-order chi connectivity index (χ0) is 26.3. The Morgan fingerprint density at radius 3 is 2.71 bits per heavy atom. The van der Waals surface area contributed by atoms with Crippen LogP contribution in [0.1, 0.15) is 23.5 Å². The number of hydrogen-bond acceptors (Lipinski definition) is 8. The van der Waals surface area contributed by atoms with Crippen molar-refractivity contribution in [3.63, 3.8) is 0 Å². The van der Waals surface area contributed by atoms with Crippen molar-refractivity contribution in [2.24, 2.45) is 0 Å². The maximum absolute atomic E-state index is 13.3. The van der Waals surface area contributed by atoms with Crippen LogP contribution in [0.4, 0.5) is 11.6 Å². The lowest BCUT2D eigenvalue weighted by Gasteiger charge is -2.31. The van der Waals surface area contributed by atoms with Gasteiger partial charge in [-0.2, -0.15) is 0 Å². The topological polar surface area (TPSA) is 111 Å². The molecule has 0 bridgehead atoms. The summed E-state index contributed by atoms with van der Waals surface area (Å²) in [5.74, 6) is 0.582. The summed E-state index contributed by atoms with van der Waals surface area (Å²) in [6.45, 7) is 8.01. The van der Waals surface area contributed by atoms with Crippen molar-refractivity contribution in [3.8, 4) is 16.2 Å². The van der Waals surface area contributed by atoms with Crippen molar-refractivity contribution in [2.75, 3.05) is 43.5 Å². The van der Waals surface area contributed by atoms with Crippen molar-refractivity contribution in [1.82, 2.24) is 19.4 Å². The fourth-order valence-electron chi connectivity index (χ4n) is 4.61. The number of nitrogens with zero attached hydrogens (tertiary/aromatic N) is 4. The minimum atomic E-state index is -0.984. The third-order valence-corrected chi connectivity index (χ3v) is 7.91. The molecule has 38 heavy (non-hydrogen) atoms. The molecule has 0 unspecified atom stereocenters. The molecule has 6 rings (SSSR count). The number of fused-ring (bicyclic) bond motifs is 2. The molecule has 2 aliphatic heterocycles. The number of thiophene rings is 1. The number of benzene rings is 1.